The van der Waals surface area contributed by atoms with Gasteiger partial charge in [-0.2, -0.15) is 8.42 Å². The number of rotatable bonds is 11. The number of benzene rings is 1. The first-order chi connectivity index (χ1) is 14.3. The molecule has 8 heteroatoms. The fourth-order valence-corrected chi connectivity index (χ4v) is 4.98. The summed E-state index contributed by atoms with van der Waals surface area (Å²) >= 11 is 0. The van der Waals surface area contributed by atoms with Crippen LogP contribution in [0.1, 0.15) is 72.1 Å². The molecule has 3 rings (SSSR count). The Hall–Kier alpha value is -1.77. The van der Waals surface area contributed by atoms with Gasteiger partial charge in [0, 0.05) is 19.8 Å². The van der Waals surface area contributed by atoms with Gasteiger partial charge in [0.2, 0.25) is 0 Å². The molecule has 0 atom stereocenters. The number of hydrogen-bond donors (Lipinski definition) is 1. The van der Waals surface area contributed by atoms with E-state index in [-0.39, 0.29) is 17.6 Å². The Bertz CT molecular complexity index is 810. The van der Waals surface area contributed by atoms with E-state index in [9.17, 15) is 18.0 Å². The number of hydrogen-bond acceptors (Lipinski definition) is 5. The third-order valence-corrected chi connectivity index (χ3v) is 6.90. The van der Waals surface area contributed by atoms with E-state index in [1.807, 2.05) is 0 Å². The van der Waals surface area contributed by atoms with E-state index < -0.39 is 10.1 Å². The van der Waals surface area contributed by atoms with Gasteiger partial charge in [0.05, 0.1) is 16.9 Å². The summed E-state index contributed by atoms with van der Waals surface area (Å²) in [7, 11) is -3.85. The van der Waals surface area contributed by atoms with Crippen molar-refractivity contribution < 1.29 is 27.3 Å². The van der Waals surface area contributed by atoms with Crippen LogP contribution in [0.3, 0.4) is 0 Å². The van der Waals surface area contributed by atoms with Crippen LogP contribution in [0, 0.1) is 11.8 Å². The van der Waals surface area contributed by atoms with E-state index in [1.54, 1.807) is 24.3 Å². The van der Waals surface area contributed by atoms with Gasteiger partial charge in [0.1, 0.15) is 0 Å². The van der Waals surface area contributed by atoms with Crippen LogP contribution < -0.4 is 0 Å². The van der Waals surface area contributed by atoms with Crippen molar-refractivity contribution in [1.82, 2.24) is 4.90 Å². The van der Waals surface area contributed by atoms with Crippen LogP contribution in [0.4, 0.5) is 0 Å². The Morgan fingerprint density at radius 1 is 0.933 bits per heavy atom. The first kappa shape index (κ1) is 22.9. The molecule has 0 bridgehead atoms. The summed E-state index contributed by atoms with van der Waals surface area (Å²) in [6, 6.07) is 6.95. The van der Waals surface area contributed by atoms with Crippen LogP contribution in [0.5, 0.6) is 0 Å². The molecule has 30 heavy (non-hydrogen) atoms. The lowest BCUT2D eigenvalue weighted by atomic mass is 9.81. The first-order valence-corrected chi connectivity index (χ1v) is 12.4. The van der Waals surface area contributed by atoms with Gasteiger partial charge in [-0.3, -0.25) is 19.0 Å². The summed E-state index contributed by atoms with van der Waals surface area (Å²) in [6.45, 7) is 1.84. The Labute approximate surface area is 178 Å². The minimum absolute atomic E-state index is 0.139. The van der Waals surface area contributed by atoms with E-state index in [4.69, 9.17) is 9.29 Å². The average molecular weight is 438 g/mol. The third kappa shape index (κ3) is 6.36. The molecular weight excluding hydrogens is 406 g/mol. The second-order valence-corrected chi connectivity index (χ2v) is 9.98. The van der Waals surface area contributed by atoms with Gasteiger partial charge in [-0.25, -0.2) is 0 Å². The quantitative estimate of drug-likeness (QED) is 0.323. The minimum atomic E-state index is -3.85. The second-order valence-electron chi connectivity index (χ2n) is 8.40. The van der Waals surface area contributed by atoms with Crippen LogP contribution in [0.15, 0.2) is 24.3 Å². The van der Waals surface area contributed by atoms with E-state index >= 15 is 0 Å². The molecule has 2 aliphatic rings. The van der Waals surface area contributed by atoms with Crippen molar-refractivity contribution in [2.75, 3.05) is 25.5 Å². The zero-order chi connectivity index (χ0) is 21.6. The van der Waals surface area contributed by atoms with E-state index in [1.165, 1.54) is 4.90 Å². The van der Waals surface area contributed by atoms with E-state index in [0.29, 0.717) is 42.5 Å². The fraction of sp³-hybridized carbons (Fsp3) is 0.636. The molecule has 2 amide bonds. The van der Waals surface area contributed by atoms with Gasteiger partial charge in [-0.1, -0.05) is 25.0 Å². The van der Waals surface area contributed by atoms with Crippen molar-refractivity contribution in [1.29, 1.82) is 0 Å². The molecule has 1 aromatic rings. The van der Waals surface area contributed by atoms with Crippen LogP contribution >= 0.6 is 0 Å². The minimum Gasteiger partial charge on any atom is -0.381 e. The fourth-order valence-electron chi connectivity index (χ4n) is 4.35. The molecule has 1 aliphatic carbocycles. The number of unbranched alkanes of at least 4 members (excludes halogenated alkanes) is 2. The highest BCUT2D eigenvalue weighted by Gasteiger charge is 2.34. The molecule has 1 N–H and O–H groups in total. The summed E-state index contributed by atoms with van der Waals surface area (Å²) in [5, 5.41) is 0. The number of ether oxygens (including phenoxy) is 1. The molecular formula is C22H31NO6S. The molecule has 0 spiro atoms. The monoisotopic (exact) mass is 437 g/mol. The Kier molecular flexibility index (Phi) is 8.02. The number of fused-ring (bicyclic) bond motifs is 1. The van der Waals surface area contributed by atoms with Crippen molar-refractivity contribution >= 4 is 21.9 Å². The van der Waals surface area contributed by atoms with Crippen molar-refractivity contribution in [3.05, 3.63) is 35.4 Å². The van der Waals surface area contributed by atoms with Crippen LogP contribution in [0.2, 0.25) is 0 Å². The predicted octanol–water partition coefficient (Wildman–Crippen LogP) is 3.55. The van der Waals surface area contributed by atoms with Crippen LogP contribution in [0.25, 0.3) is 0 Å². The molecule has 0 aromatic heterocycles. The summed E-state index contributed by atoms with van der Waals surface area (Å²) in [5.74, 6) is 0.369. The van der Waals surface area contributed by atoms with E-state index in [2.05, 4.69) is 0 Å². The summed E-state index contributed by atoms with van der Waals surface area (Å²) in [5.41, 5.74) is 0.997. The van der Waals surface area contributed by atoms with Crippen LogP contribution in [-0.2, 0) is 14.9 Å². The lowest BCUT2D eigenvalue weighted by Crippen LogP contribution is -2.30. The highest BCUT2D eigenvalue weighted by atomic mass is 32.2. The van der Waals surface area contributed by atoms with Crippen molar-refractivity contribution in [2.45, 2.75) is 51.4 Å². The Morgan fingerprint density at radius 3 is 2.13 bits per heavy atom. The molecule has 0 unspecified atom stereocenters. The summed E-state index contributed by atoms with van der Waals surface area (Å²) in [6.07, 6.45) is 7.16. The average Bonchev–Trinajstić information content (AvgIpc) is 2.97. The largest absolute Gasteiger partial charge is 0.381 e. The molecule has 1 aliphatic heterocycles. The zero-order valence-electron chi connectivity index (χ0n) is 17.3. The highest BCUT2D eigenvalue weighted by molar-refractivity contribution is 7.85. The Balaban J connectivity index is 1.23. The molecule has 1 aromatic carbocycles. The Morgan fingerprint density at radius 2 is 1.53 bits per heavy atom. The molecule has 166 valence electrons. The summed E-state index contributed by atoms with van der Waals surface area (Å²) in [4.78, 5) is 25.9. The molecule has 1 fully saturated rings. The maximum Gasteiger partial charge on any atom is 0.264 e. The lowest BCUT2D eigenvalue weighted by molar-refractivity contribution is 0.0642. The van der Waals surface area contributed by atoms with E-state index in [0.717, 1.165) is 51.6 Å². The number of carbonyl (C=O) groups is 2. The highest BCUT2D eigenvalue weighted by Crippen LogP contribution is 2.31. The predicted molar refractivity (Wildman–Crippen MR) is 113 cm³/mol. The molecule has 0 radical (unpaired) electrons. The second kappa shape index (κ2) is 10.5. The SMILES string of the molecule is O=C1c2ccccc2C(=O)N1CCCCCOCC1CCC(CCS(=O)(=O)O)CC1. The summed E-state index contributed by atoms with van der Waals surface area (Å²) < 4.78 is 36.3. The normalized spacial score (nSPS) is 21.8. The smallest absolute Gasteiger partial charge is 0.264 e. The van der Waals surface area contributed by atoms with Crippen molar-refractivity contribution in [2.24, 2.45) is 11.8 Å². The first-order valence-electron chi connectivity index (χ1n) is 10.8. The molecule has 7 nitrogen and oxygen atoms in total. The number of imide groups is 1. The molecule has 1 saturated carbocycles. The van der Waals surface area contributed by atoms with Crippen LogP contribution in [-0.4, -0.2) is 55.2 Å². The topological polar surface area (TPSA) is 101 Å². The zero-order valence-corrected chi connectivity index (χ0v) is 18.1. The van der Waals surface area contributed by atoms with Gasteiger partial charge < -0.3 is 4.74 Å². The lowest BCUT2D eigenvalue weighted by Gasteiger charge is -2.28. The molecule has 1 heterocycles. The molecule has 0 saturated heterocycles. The van der Waals surface area contributed by atoms with Gasteiger partial charge in [0.25, 0.3) is 21.9 Å². The van der Waals surface area contributed by atoms with Crippen molar-refractivity contribution in [3.63, 3.8) is 0 Å². The number of carbonyl (C=O) groups excluding carboxylic acids is 2. The van der Waals surface area contributed by atoms with Gasteiger partial charge >= 0.3 is 0 Å². The maximum atomic E-state index is 12.3. The van der Waals surface area contributed by atoms with Gasteiger partial charge in [-0.15, -0.1) is 0 Å². The number of nitrogens with zero attached hydrogens (tertiary/aromatic N) is 1. The number of amides is 2. The van der Waals surface area contributed by atoms with Gasteiger partial charge in [0.15, 0.2) is 0 Å². The third-order valence-electron chi connectivity index (χ3n) is 6.15. The van der Waals surface area contributed by atoms with Gasteiger partial charge in [-0.05, 0) is 62.5 Å². The van der Waals surface area contributed by atoms with Crippen molar-refractivity contribution in [3.8, 4) is 0 Å². The standard InChI is InChI=1S/C22H31NO6S/c24-21-19-6-2-3-7-20(19)22(25)23(21)13-4-1-5-14-29-16-18-10-8-17(9-11-18)12-15-30(26,27)28/h2-3,6-7,17-18H,1,4-5,8-16H2,(H,26,27,28). The maximum absolute atomic E-state index is 12.3.